The number of carbonyl (C=O) groups excluding carboxylic acids is 1. The fourth-order valence-corrected chi connectivity index (χ4v) is 2.25. The number of benzene rings is 2. The Morgan fingerprint density at radius 1 is 1.07 bits per heavy atom. The van der Waals surface area contributed by atoms with Crippen LogP contribution in [0.2, 0.25) is 0 Å². The second-order valence-electron chi connectivity index (χ2n) is 5.63. The number of aliphatic carboxylic acids is 1. The number of Topliss-reactive ketones (excluding diaryl/α,β-unsaturated/α-hetero) is 1. The molecule has 0 radical (unpaired) electrons. The summed E-state index contributed by atoms with van der Waals surface area (Å²) < 4.78 is 10.0. The number of methoxy groups -OCH3 is 1. The van der Waals surface area contributed by atoms with E-state index in [4.69, 9.17) is 14.7 Å². The Morgan fingerprint density at radius 2 is 1.79 bits per heavy atom. The molecule has 0 aliphatic carbocycles. The number of oxime groups is 1. The largest absolute Gasteiger partial charge is 0.500 e. The number of ether oxygens (including phenoxy) is 2. The summed E-state index contributed by atoms with van der Waals surface area (Å²) in [5, 5.41) is 13.0. The Labute approximate surface area is 162 Å². The molecular formula is C21H21NO6. The molecule has 0 unspecified atom stereocenters. The normalized spacial score (nSPS) is 11.2. The average molecular weight is 383 g/mol. The summed E-state index contributed by atoms with van der Waals surface area (Å²) in [5.41, 5.74) is 1.28. The molecule has 0 saturated carbocycles. The van der Waals surface area contributed by atoms with Crippen LogP contribution in [0.5, 0.6) is 5.75 Å². The fraction of sp³-hybridized carbons (Fsp3) is 0.190. The lowest BCUT2D eigenvalue weighted by molar-refractivity contribution is -0.135. The van der Waals surface area contributed by atoms with Crippen molar-refractivity contribution in [1.29, 1.82) is 0 Å². The molecule has 7 heteroatoms. The van der Waals surface area contributed by atoms with Crippen LogP contribution in [0.1, 0.15) is 28.8 Å². The van der Waals surface area contributed by atoms with E-state index in [9.17, 15) is 9.59 Å². The van der Waals surface area contributed by atoms with E-state index in [1.807, 2.05) is 30.3 Å². The van der Waals surface area contributed by atoms with E-state index in [1.54, 1.807) is 18.2 Å². The van der Waals surface area contributed by atoms with Crippen molar-refractivity contribution < 1.29 is 29.0 Å². The summed E-state index contributed by atoms with van der Waals surface area (Å²) in [6, 6.07) is 16.0. The van der Waals surface area contributed by atoms with Crippen molar-refractivity contribution >= 4 is 18.0 Å². The molecule has 146 valence electrons. The predicted octanol–water partition coefficient (Wildman–Crippen LogP) is 3.80. The zero-order valence-electron chi connectivity index (χ0n) is 15.4. The van der Waals surface area contributed by atoms with Gasteiger partial charge in [-0.1, -0.05) is 47.6 Å². The van der Waals surface area contributed by atoms with Crippen LogP contribution >= 0.6 is 0 Å². The Balaban J connectivity index is 1.89. The lowest BCUT2D eigenvalue weighted by Crippen LogP contribution is -2.11. The fourth-order valence-electron chi connectivity index (χ4n) is 2.25. The third kappa shape index (κ3) is 6.60. The summed E-state index contributed by atoms with van der Waals surface area (Å²) in [6.45, 7) is 0.353. The number of rotatable bonds is 11. The summed E-state index contributed by atoms with van der Waals surface area (Å²) in [7, 11) is 1.31. The number of hydrogen-bond donors (Lipinski definition) is 1. The number of hydrogen-bond acceptors (Lipinski definition) is 6. The molecule has 2 rings (SSSR count). The lowest BCUT2D eigenvalue weighted by atomic mass is 10.1. The molecule has 0 bridgehead atoms. The number of ketones is 1. The Hall–Kier alpha value is -3.61. The molecule has 2 aromatic carbocycles. The molecule has 0 amide bonds. The molecule has 0 spiro atoms. The van der Waals surface area contributed by atoms with Gasteiger partial charge in [0.05, 0.1) is 12.7 Å². The molecule has 1 N–H and O–H groups in total. The standard InChI is InChI=1S/C21H21NO6/c1-26-15-20(21(24)25)28-19-12-6-5-10-17(19)18(23)11-7-13-22-27-14-16-8-3-2-4-9-16/h2-6,8-10,12-13,15H,7,11,14H2,1H3,(H,24,25). The van der Waals surface area contributed by atoms with E-state index in [0.717, 1.165) is 11.8 Å². The molecule has 0 aliphatic heterocycles. The van der Waals surface area contributed by atoms with Gasteiger partial charge in [-0.3, -0.25) is 4.79 Å². The highest BCUT2D eigenvalue weighted by Gasteiger charge is 2.16. The van der Waals surface area contributed by atoms with Gasteiger partial charge in [-0.25, -0.2) is 4.79 Å². The molecule has 0 saturated heterocycles. The first kappa shape index (κ1) is 20.7. The average Bonchev–Trinajstić information content (AvgIpc) is 2.71. The number of nitrogens with zero attached hydrogens (tertiary/aromatic N) is 1. The molecular weight excluding hydrogens is 362 g/mol. The summed E-state index contributed by atoms with van der Waals surface area (Å²) >= 11 is 0. The van der Waals surface area contributed by atoms with Gasteiger partial charge in [0.2, 0.25) is 5.76 Å². The topological polar surface area (TPSA) is 94.4 Å². The van der Waals surface area contributed by atoms with Crippen LogP contribution in [0.25, 0.3) is 0 Å². The van der Waals surface area contributed by atoms with Gasteiger partial charge in [-0.05, 0) is 24.1 Å². The smallest absolute Gasteiger partial charge is 0.375 e. The van der Waals surface area contributed by atoms with Crippen molar-refractivity contribution in [2.45, 2.75) is 19.4 Å². The van der Waals surface area contributed by atoms with Crippen LogP contribution in [-0.4, -0.2) is 30.2 Å². The van der Waals surface area contributed by atoms with Crippen molar-refractivity contribution in [2.24, 2.45) is 5.16 Å². The maximum Gasteiger partial charge on any atom is 0.375 e. The minimum Gasteiger partial charge on any atom is -0.500 e. The summed E-state index contributed by atoms with van der Waals surface area (Å²) in [4.78, 5) is 28.8. The van der Waals surface area contributed by atoms with Gasteiger partial charge >= 0.3 is 5.97 Å². The SMILES string of the molecule is COC=C(Oc1ccccc1C(=O)CCC=NOCc1ccccc1)C(=O)O. The maximum atomic E-state index is 12.4. The number of carbonyl (C=O) groups is 2. The first-order valence-corrected chi connectivity index (χ1v) is 8.56. The molecule has 0 atom stereocenters. The summed E-state index contributed by atoms with van der Waals surface area (Å²) in [6.07, 6.45) is 3.04. The monoisotopic (exact) mass is 383 g/mol. The van der Waals surface area contributed by atoms with Gasteiger partial charge in [0.1, 0.15) is 18.6 Å². The zero-order valence-corrected chi connectivity index (χ0v) is 15.4. The molecule has 0 aromatic heterocycles. The van der Waals surface area contributed by atoms with Gasteiger partial charge in [0, 0.05) is 12.6 Å². The van der Waals surface area contributed by atoms with Gasteiger partial charge in [0.15, 0.2) is 5.78 Å². The van der Waals surface area contributed by atoms with E-state index < -0.39 is 11.7 Å². The minimum absolute atomic E-state index is 0.149. The second kappa shape index (κ2) is 11.2. The van der Waals surface area contributed by atoms with E-state index in [-0.39, 0.29) is 23.5 Å². The highest BCUT2D eigenvalue weighted by Crippen LogP contribution is 2.22. The lowest BCUT2D eigenvalue weighted by Gasteiger charge is -2.10. The van der Waals surface area contributed by atoms with Crippen LogP contribution in [0, 0.1) is 0 Å². The zero-order chi connectivity index (χ0) is 20.2. The van der Waals surface area contributed by atoms with Gasteiger partial charge in [-0.15, -0.1) is 0 Å². The predicted molar refractivity (Wildman–Crippen MR) is 103 cm³/mol. The molecule has 0 aliphatic rings. The van der Waals surface area contributed by atoms with Crippen LogP contribution in [0.15, 0.2) is 71.8 Å². The molecule has 0 fully saturated rings. The van der Waals surface area contributed by atoms with Gasteiger partial charge < -0.3 is 19.4 Å². The van der Waals surface area contributed by atoms with Crippen LogP contribution in [0.3, 0.4) is 0 Å². The Kier molecular flexibility index (Phi) is 8.26. The Bertz CT molecular complexity index is 845. The molecule has 7 nitrogen and oxygen atoms in total. The number of carboxylic acids is 1. The third-order valence-corrected chi connectivity index (χ3v) is 3.57. The highest BCUT2D eigenvalue weighted by atomic mass is 16.6. The van der Waals surface area contributed by atoms with Crippen molar-refractivity contribution in [1.82, 2.24) is 0 Å². The first-order chi connectivity index (χ1) is 13.6. The molecule has 0 heterocycles. The maximum absolute atomic E-state index is 12.4. The van der Waals surface area contributed by atoms with Crippen molar-refractivity contribution in [3.63, 3.8) is 0 Å². The molecule has 28 heavy (non-hydrogen) atoms. The van der Waals surface area contributed by atoms with Crippen LogP contribution < -0.4 is 4.74 Å². The van der Waals surface area contributed by atoms with Crippen molar-refractivity contribution in [3.05, 3.63) is 77.7 Å². The van der Waals surface area contributed by atoms with Gasteiger partial charge in [-0.2, -0.15) is 0 Å². The van der Waals surface area contributed by atoms with Crippen LogP contribution in [-0.2, 0) is 21.0 Å². The Morgan fingerprint density at radius 3 is 2.50 bits per heavy atom. The van der Waals surface area contributed by atoms with Crippen molar-refractivity contribution in [2.75, 3.05) is 7.11 Å². The van der Waals surface area contributed by atoms with E-state index in [0.29, 0.717) is 13.0 Å². The quantitative estimate of drug-likeness (QED) is 0.208. The van der Waals surface area contributed by atoms with Crippen LogP contribution in [0.4, 0.5) is 0 Å². The van der Waals surface area contributed by atoms with Crippen molar-refractivity contribution in [3.8, 4) is 5.75 Å². The highest BCUT2D eigenvalue weighted by molar-refractivity contribution is 5.99. The molecule has 2 aromatic rings. The second-order valence-corrected chi connectivity index (χ2v) is 5.63. The van der Waals surface area contributed by atoms with E-state index >= 15 is 0 Å². The van der Waals surface area contributed by atoms with E-state index in [1.165, 1.54) is 19.4 Å². The van der Waals surface area contributed by atoms with E-state index in [2.05, 4.69) is 9.89 Å². The third-order valence-electron chi connectivity index (χ3n) is 3.57. The number of para-hydroxylation sites is 1. The first-order valence-electron chi connectivity index (χ1n) is 8.56. The summed E-state index contributed by atoms with van der Waals surface area (Å²) in [5.74, 6) is -1.77. The number of carboxylic acid groups (broad SMARTS) is 1. The van der Waals surface area contributed by atoms with Gasteiger partial charge in [0.25, 0.3) is 0 Å². The minimum atomic E-state index is -1.30.